The van der Waals surface area contributed by atoms with Gasteiger partial charge in [-0.1, -0.05) is 0 Å². The SMILES string of the molecule is CCO[Si](OCC)(OCC)OCC.[N]. The smallest absolute Gasteiger partial charge is 0.351 e. The second-order valence-electron chi connectivity index (χ2n) is 2.23. The van der Waals surface area contributed by atoms with Crippen molar-refractivity contribution in [1.82, 2.24) is 6.15 Å². The van der Waals surface area contributed by atoms with Crippen LogP contribution in [0.5, 0.6) is 0 Å². The third-order valence-electron chi connectivity index (χ3n) is 1.28. The first-order chi connectivity index (χ1) is 6.24. The summed E-state index contributed by atoms with van der Waals surface area (Å²) in [5.74, 6) is 0. The van der Waals surface area contributed by atoms with Crippen molar-refractivity contribution in [3.05, 3.63) is 0 Å². The van der Waals surface area contributed by atoms with E-state index in [4.69, 9.17) is 17.7 Å². The molecule has 0 aromatic heterocycles. The molecule has 14 heavy (non-hydrogen) atoms. The topological polar surface area (TPSA) is 67.4 Å². The third-order valence-corrected chi connectivity index (χ3v) is 3.85. The molecule has 0 rings (SSSR count). The number of hydrogen-bond acceptors (Lipinski definition) is 4. The second kappa shape index (κ2) is 9.57. The minimum absolute atomic E-state index is 0. The molecule has 0 aromatic rings. The predicted molar refractivity (Wildman–Crippen MR) is 54.4 cm³/mol. The van der Waals surface area contributed by atoms with Gasteiger partial charge in [0.05, 0.1) is 0 Å². The van der Waals surface area contributed by atoms with E-state index < -0.39 is 9.05 Å². The fourth-order valence-corrected chi connectivity index (χ4v) is 2.87. The summed E-state index contributed by atoms with van der Waals surface area (Å²) >= 11 is 0. The van der Waals surface area contributed by atoms with E-state index in [0.29, 0.717) is 26.4 Å². The number of hydrogen-bond donors (Lipinski definition) is 0. The highest BCUT2D eigenvalue weighted by Gasteiger charge is 2.44. The summed E-state index contributed by atoms with van der Waals surface area (Å²) in [4.78, 5) is 0. The maximum Gasteiger partial charge on any atom is 0.679 e. The summed E-state index contributed by atoms with van der Waals surface area (Å²) in [5.41, 5.74) is 0. The van der Waals surface area contributed by atoms with E-state index in [1.807, 2.05) is 27.7 Å². The summed E-state index contributed by atoms with van der Waals surface area (Å²) in [6.07, 6.45) is 0. The molecule has 0 unspecified atom stereocenters. The summed E-state index contributed by atoms with van der Waals surface area (Å²) < 4.78 is 21.7. The average molecular weight is 222 g/mol. The lowest BCUT2D eigenvalue weighted by atomic mass is 10.9. The molecule has 0 aliphatic heterocycles. The Kier molecular flexibility index (Phi) is 11.2. The van der Waals surface area contributed by atoms with Gasteiger partial charge in [0.15, 0.2) is 0 Å². The van der Waals surface area contributed by atoms with Crippen molar-refractivity contribution < 1.29 is 17.7 Å². The fourth-order valence-electron chi connectivity index (χ4n) is 0.957. The van der Waals surface area contributed by atoms with Crippen LogP contribution < -0.4 is 6.15 Å². The summed E-state index contributed by atoms with van der Waals surface area (Å²) in [6.45, 7) is 9.80. The highest BCUT2D eigenvalue weighted by Crippen LogP contribution is 2.11. The fraction of sp³-hybridized carbons (Fsp3) is 1.00. The van der Waals surface area contributed by atoms with Crippen LogP contribution in [-0.4, -0.2) is 35.5 Å². The average Bonchev–Trinajstić information content (AvgIpc) is 2.06. The van der Waals surface area contributed by atoms with Crippen LogP contribution in [0, 0.1) is 0 Å². The van der Waals surface area contributed by atoms with E-state index in [9.17, 15) is 0 Å². The van der Waals surface area contributed by atoms with Crippen LogP contribution in [0.2, 0.25) is 0 Å². The number of nitrogens with zero attached hydrogens (tertiary/aromatic N) is 1. The van der Waals surface area contributed by atoms with Gasteiger partial charge < -0.3 is 17.7 Å². The highest BCUT2D eigenvalue weighted by atomic mass is 28.4. The molecule has 0 aromatic carbocycles. The Hall–Kier alpha value is 0.0169. The lowest BCUT2D eigenvalue weighted by Crippen LogP contribution is -2.49. The Morgan fingerprint density at radius 3 is 1.00 bits per heavy atom. The van der Waals surface area contributed by atoms with E-state index in [1.165, 1.54) is 0 Å². The Labute approximate surface area is 87.8 Å². The molecule has 0 atom stereocenters. The Balaban J connectivity index is 0. The van der Waals surface area contributed by atoms with Gasteiger partial charge in [-0.15, -0.1) is 0 Å². The molecule has 0 spiro atoms. The van der Waals surface area contributed by atoms with Crippen LogP contribution in [0.25, 0.3) is 0 Å². The van der Waals surface area contributed by atoms with Crippen molar-refractivity contribution in [1.29, 1.82) is 0 Å². The molecule has 6 heteroatoms. The summed E-state index contributed by atoms with van der Waals surface area (Å²) in [5, 5.41) is 0. The minimum Gasteiger partial charge on any atom is -0.351 e. The Morgan fingerprint density at radius 2 is 0.857 bits per heavy atom. The maximum atomic E-state index is 5.42. The van der Waals surface area contributed by atoms with Gasteiger partial charge in [-0.3, -0.25) is 0 Å². The first-order valence-corrected chi connectivity index (χ1v) is 6.43. The Morgan fingerprint density at radius 1 is 0.643 bits per heavy atom. The molecule has 0 saturated heterocycles. The van der Waals surface area contributed by atoms with Crippen LogP contribution in [0.15, 0.2) is 0 Å². The molecule has 3 radical (unpaired) electrons. The zero-order chi connectivity index (χ0) is 10.2. The van der Waals surface area contributed by atoms with Gasteiger partial charge in [0.25, 0.3) is 0 Å². The first-order valence-electron chi connectivity index (χ1n) is 4.80. The van der Waals surface area contributed by atoms with E-state index >= 15 is 0 Å². The predicted octanol–water partition coefficient (Wildman–Crippen LogP) is 1.09. The zero-order valence-corrected chi connectivity index (χ0v) is 10.4. The molecule has 0 bridgehead atoms. The van der Waals surface area contributed by atoms with Crippen molar-refractivity contribution >= 4 is 9.05 Å². The van der Waals surface area contributed by atoms with Crippen molar-refractivity contribution in [3.8, 4) is 0 Å². The monoisotopic (exact) mass is 222 g/mol. The first kappa shape index (κ1) is 16.4. The van der Waals surface area contributed by atoms with Crippen LogP contribution in [0.3, 0.4) is 0 Å². The second-order valence-corrected chi connectivity index (χ2v) is 4.39. The number of rotatable bonds is 8. The van der Waals surface area contributed by atoms with Crippen molar-refractivity contribution in [3.63, 3.8) is 0 Å². The van der Waals surface area contributed by atoms with Crippen molar-refractivity contribution in [2.45, 2.75) is 27.7 Å². The highest BCUT2D eigenvalue weighted by molar-refractivity contribution is 6.53. The molecule has 0 saturated carbocycles. The van der Waals surface area contributed by atoms with Gasteiger partial charge in [0.1, 0.15) is 0 Å². The van der Waals surface area contributed by atoms with Crippen LogP contribution in [0.1, 0.15) is 27.7 Å². The van der Waals surface area contributed by atoms with Gasteiger partial charge in [-0.25, -0.2) is 0 Å². The lowest BCUT2D eigenvalue weighted by molar-refractivity contribution is -0.0247. The normalized spacial score (nSPS) is 11.1. The van der Waals surface area contributed by atoms with Gasteiger partial charge in [-0.05, 0) is 27.7 Å². The molecule has 0 aliphatic rings. The molecule has 85 valence electrons. The maximum absolute atomic E-state index is 5.42. The van der Waals surface area contributed by atoms with Gasteiger partial charge in [0, 0.05) is 32.6 Å². The molecular weight excluding hydrogens is 202 g/mol. The van der Waals surface area contributed by atoms with Crippen molar-refractivity contribution in [2.75, 3.05) is 26.4 Å². The molecule has 0 N–H and O–H groups in total. The van der Waals surface area contributed by atoms with E-state index in [0.717, 1.165) is 0 Å². The third kappa shape index (κ3) is 5.69. The van der Waals surface area contributed by atoms with Crippen LogP contribution in [-0.2, 0) is 17.7 Å². The lowest BCUT2D eigenvalue weighted by Gasteiger charge is -2.26. The largest absolute Gasteiger partial charge is 0.679 e. The molecule has 0 amide bonds. The van der Waals surface area contributed by atoms with Gasteiger partial charge >= 0.3 is 9.05 Å². The standard InChI is InChI=1S/C8H20O4Si.N/c1-5-9-13(10-6-2,11-7-3)12-8-4;/h5-8H2,1-4H3;. The van der Waals surface area contributed by atoms with E-state index in [2.05, 4.69) is 0 Å². The van der Waals surface area contributed by atoms with E-state index in [-0.39, 0.29) is 6.15 Å². The quantitative estimate of drug-likeness (QED) is 0.576. The Bertz CT molecular complexity index is 96.4. The molecule has 0 aliphatic carbocycles. The van der Waals surface area contributed by atoms with Crippen LogP contribution in [0.4, 0.5) is 0 Å². The van der Waals surface area contributed by atoms with Gasteiger partial charge in [-0.2, -0.15) is 0 Å². The van der Waals surface area contributed by atoms with Crippen LogP contribution >= 0.6 is 0 Å². The minimum atomic E-state index is -2.80. The van der Waals surface area contributed by atoms with Crippen molar-refractivity contribution in [2.24, 2.45) is 0 Å². The molecule has 0 fully saturated rings. The molecule has 5 nitrogen and oxygen atoms in total. The van der Waals surface area contributed by atoms with Gasteiger partial charge in [0.2, 0.25) is 0 Å². The molecular formula is C8H20NO4Si. The molecule has 0 heterocycles. The van der Waals surface area contributed by atoms with E-state index in [1.54, 1.807) is 0 Å². The zero-order valence-electron chi connectivity index (χ0n) is 9.41. The summed E-state index contributed by atoms with van der Waals surface area (Å²) in [6, 6.07) is 0. The summed E-state index contributed by atoms with van der Waals surface area (Å²) in [7, 11) is -2.80.